The van der Waals surface area contributed by atoms with Crippen molar-refractivity contribution in [2.45, 2.75) is 40.0 Å². The Morgan fingerprint density at radius 3 is 1.08 bits per heavy atom. The fourth-order valence-corrected chi connectivity index (χ4v) is 7.46. The Kier molecular flexibility index (Phi) is 8.61. The van der Waals surface area contributed by atoms with Gasteiger partial charge in [-0.15, -0.1) is 0 Å². The highest BCUT2D eigenvalue weighted by molar-refractivity contribution is 5.88. The van der Waals surface area contributed by atoms with Crippen LogP contribution in [0.4, 0.5) is 34.1 Å². The largest absolute Gasteiger partial charge is 0.310 e. The maximum atomic E-state index is 2.41. The molecule has 0 aromatic heterocycles. The molecule has 254 valence electrons. The second-order valence-corrected chi connectivity index (χ2v) is 14.6. The average Bonchev–Trinajstić information content (AvgIpc) is 3.39. The van der Waals surface area contributed by atoms with Gasteiger partial charge in [-0.2, -0.15) is 0 Å². The van der Waals surface area contributed by atoms with Crippen LogP contribution in [0.3, 0.4) is 0 Å². The first-order valence-corrected chi connectivity index (χ1v) is 18.2. The SMILES string of the molecule is Cc1ccc(N(c2ccc(C)cc2)c2ccc3c(c2)C(C)(C)c2cc(N(c4ccc(C)cc4)c4ccc(/C=C/c5ccccc5)cc4)ccc2-3)cc1. The second kappa shape index (κ2) is 13.5. The lowest BCUT2D eigenvalue weighted by molar-refractivity contribution is 0.660. The monoisotopic (exact) mass is 672 g/mol. The summed E-state index contributed by atoms with van der Waals surface area (Å²) in [5.74, 6) is 0. The standard InChI is InChI=1S/C50H44N2/c1-35-11-21-40(22-12-35)51(41-23-13-36(2)14-24-41)44-29-31-46-47-32-30-45(34-49(47)50(4,5)48(46)33-44)52(42-25-15-37(3)16-26-42)43-27-19-39(20-28-43)18-17-38-9-7-6-8-10-38/h6-34H,1-5H3/b18-17+. The lowest BCUT2D eigenvalue weighted by Crippen LogP contribution is -2.17. The van der Waals surface area contributed by atoms with Crippen molar-refractivity contribution in [2.75, 3.05) is 9.80 Å². The van der Waals surface area contributed by atoms with Crippen molar-refractivity contribution in [3.63, 3.8) is 0 Å². The van der Waals surface area contributed by atoms with Crippen molar-refractivity contribution >= 4 is 46.3 Å². The average molecular weight is 673 g/mol. The van der Waals surface area contributed by atoms with E-state index < -0.39 is 0 Å². The maximum absolute atomic E-state index is 2.41. The smallest absolute Gasteiger partial charge is 0.0465 e. The first-order chi connectivity index (χ1) is 25.2. The molecule has 1 aliphatic carbocycles. The minimum atomic E-state index is -0.200. The maximum Gasteiger partial charge on any atom is 0.0465 e. The van der Waals surface area contributed by atoms with Crippen molar-refractivity contribution in [1.29, 1.82) is 0 Å². The summed E-state index contributed by atoms with van der Waals surface area (Å²) < 4.78 is 0. The fraction of sp³-hybridized carbons (Fsp3) is 0.120. The number of aryl methyl sites for hydroxylation is 3. The number of hydrogen-bond acceptors (Lipinski definition) is 2. The zero-order valence-corrected chi connectivity index (χ0v) is 30.6. The molecule has 1 aliphatic rings. The van der Waals surface area contributed by atoms with Crippen LogP contribution in [0.25, 0.3) is 23.3 Å². The molecular weight excluding hydrogens is 629 g/mol. The van der Waals surface area contributed by atoms with E-state index in [9.17, 15) is 0 Å². The van der Waals surface area contributed by atoms with Crippen LogP contribution in [-0.4, -0.2) is 0 Å². The van der Waals surface area contributed by atoms with E-state index >= 15 is 0 Å². The van der Waals surface area contributed by atoms with Crippen LogP contribution in [0.1, 0.15) is 52.8 Å². The van der Waals surface area contributed by atoms with E-state index in [0.29, 0.717) is 0 Å². The molecule has 7 aromatic rings. The number of fused-ring (bicyclic) bond motifs is 3. The number of anilines is 6. The topological polar surface area (TPSA) is 6.48 Å². The summed E-state index contributed by atoms with van der Waals surface area (Å²) in [7, 11) is 0. The van der Waals surface area contributed by atoms with Gasteiger partial charge in [0.1, 0.15) is 0 Å². The molecule has 0 N–H and O–H groups in total. The molecule has 0 aliphatic heterocycles. The van der Waals surface area contributed by atoms with Gasteiger partial charge in [0, 0.05) is 39.5 Å². The molecule has 0 amide bonds. The molecular formula is C50H44N2. The van der Waals surface area contributed by atoms with E-state index in [4.69, 9.17) is 0 Å². The summed E-state index contributed by atoms with van der Waals surface area (Å²) in [5, 5.41) is 0. The van der Waals surface area contributed by atoms with E-state index in [1.54, 1.807) is 0 Å². The molecule has 2 heteroatoms. The number of benzene rings is 7. The molecule has 0 spiro atoms. The van der Waals surface area contributed by atoms with Gasteiger partial charge in [-0.25, -0.2) is 0 Å². The van der Waals surface area contributed by atoms with Gasteiger partial charge in [-0.3, -0.25) is 0 Å². The van der Waals surface area contributed by atoms with E-state index in [2.05, 4.69) is 220 Å². The lowest BCUT2D eigenvalue weighted by atomic mass is 9.82. The Morgan fingerprint density at radius 1 is 0.365 bits per heavy atom. The molecule has 0 radical (unpaired) electrons. The van der Waals surface area contributed by atoms with Gasteiger partial charge in [0.15, 0.2) is 0 Å². The minimum absolute atomic E-state index is 0.200. The highest BCUT2D eigenvalue weighted by Crippen LogP contribution is 2.52. The molecule has 0 saturated carbocycles. The van der Waals surface area contributed by atoms with Gasteiger partial charge in [0.2, 0.25) is 0 Å². The molecule has 2 nitrogen and oxygen atoms in total. The second-order valence-electron chi connectivity index (χ2n) is 14.6. The molecule has 0 atom stereocenters. The van der Waals surface area contributed by atoms with Gasteiger partial charge < -0.3 is 9.80 Å². The highest BCUT2D eigenvalue weighted by atomic mass is 15.1. The van der Waals surface area contributed by atoms with Crippen molar-refractivity contribution in [3.05, 3.63) is 203 Å². The molecule has 0 saturated heterocycles. The lowest BCUT2D eigenvalue weighted by Gasteiger charge is -2.29. The van der Waals surface area contributed by atoms with E-state index in [1.165, 1.54) is 50.1 Å². The normalized spacial score (nSPS) is 12.8. The van der Waals surface area contributed by atoms with Crippen LogP contribution in [0.2, 0.25) is 0 Å². The summed E-state index contributed by atoms with van der Waals surface area (Å²) in [4.78, 5) is 4.76. The molecule has 7 aromatic carbocycles. The molecule has 0 bridgehead atoms. The van der Waals surface area contributed by atoms with Crippen molar-refractivity contribution in [3.8, 4) is 11.1 Å². The number of hydrogen-bond donors (Lipinski definition) is 0. The van der Waals surface area contributed by atoms with Crippen LogP contribution >= 0.6 is 0 Å². The first-order valence-electron chi connectivity index (χ1n) is 18.2. The molecule has 8 rings (SSSR count). The third-order valence-corrected chi connectivity index (χ3v) is 10.5. The zero-order valence-electron chi connectivity index (χ0n) is 30.6. The van der Waals surface area contributed by atoms with Gasteiger partial charge in [-0.05, 0) is 127 Å². The third kappa shape index (κ3) is 6.33. The van der Waals surface area contributed by atoms with Crippen LogP contribution in [0.5, 0.6) is 0 Å². The van der Waals surface area contributed by atoms with Gasteiger partial charge in [-0.1, -0.05) is 134 Å². The highest BCUT2D eigenvalue weighted by Gasteiger charge is 2.37. The van der Waals surface area contributed by atoms with Gasteiger partial charge in [0.05, 0.1) is 0 Å². The van der Waals surface area contributed by atoms with Crippen LogP contribution in [-0.2, 0) is 5.41 Å². The molecule has 0 fully saturated rings. The first kappa shape index (κ1) is 33.0. The predicted octanol–water partition coefficient (Wildman–Crippen LogP) is 14.0. The Morgan fingerprint density at radius 2 is 0.692 bits per heavy atom. The number of nitrogens with zero attached hydrogens (tertiary/aromatic N) is 2. The van der Waals surface area contributed by atoms with Gasteiger partial charge in [0.25, 0.3) is 0 Å². The fourth-order valence-electron chi connectivity index (χ4n) is 7.46. The Hall–Kier alpha value is -6.12. The summed E-state index contributed by atoms with van der Waals surface area (Å²) >= 11 is 0. The summed E-state index contributed by atoms with van der Waals surface area (Å²) in [6.45, 7) is 11.2. The Bertz CT molecular complexity index is 2320. The minimum Gasteiger partial charge on any atom is -0.310 e. The van der Waals surface area contributed by atoms with Crippen LogP contribution < -0.4 is 9.80 Å². The van der Waals surface area contributed by atoms with E-state index in [1.807, 2.05) is 0 Å². The van der Waals surface area contributed by atoms with E-state index in [0.717, 1.165) is 34.1 Å². The quantitative estimate of drug-likeness (QED) is 0.148. The Labute approximate surface area is 309 Å². The summed E-state index contributed by atoms with van der Waals surface area (Å²) in [6, 6.07) is 59.9. The molecule has 0 heterocycles. The van der Waals surface area contributed by atoms with Crippen molar-refractivity contribution in [2.24, 2.45) is 0 Å². The summed E-state index contributed by atoms with van der Waals surface area (Å²) in [6.07, 6.45) is 4.34. The van der Waals surface area contributed by atoms with Crippen molar-refractivity contribution < 1.29 is 0 Å². The van der Waals surface area contributed by atoms with Gasteiger partial charge >= 0.3 is 0 Å². The van der Waals surface area contributed by atoms with Crippen molar-refractivity contribution in [1.82, 2.24) is 0 Å². The predicted molar refractivity (Wildman–Crippen MR) is 223 cm³/mol. The van der Waals surface area contributed by atoms with Crippen LogP contribution in [0, 0.1) is 20.8 Å². The molecule has 52 heavy (non-hydrogen) atoms. The molecule has 0 unspecified atom stereocenters. The summed E-state index contributed by atoms with van der Waals surface area (Å²) in [5.41, 5.74) is 18.1. The number of rotatable bonds is 8. The zero-order chi connectivity index (χ0) is 35.8. The third-order valence-electron chi connectivity index (χ3n) is 10.5. The Balaban J connectivity index is 1.18. The van der Waals surface area contributed by atoms with E-state index in [-0.39, 0.29) is 5.41 Å². The van der Waals surface area contributed by atoms with Crippen LogP contribution in [0.15, 0.2) is 164 Å².